The zero-order valence-corrected chi connectivity index (χ0v) is 12.0. The molecule has 0 spiro atoms. The van der Waals surface area contributed by atoms with Gasteiger partial charge in [-0.3, -0.25) is 0 Å². The van der Waals surface area contributed by atoms with E-state index in [4.69, 9.17) is 4.74 Å². The van der Waals surface area contributed by atoms with E-state index in [-0.39, 0.29) is 0 Å². The van der Waals surface area contributed by atoms with Crippen LogP contribution in [0.3, 0.4) is 0 Å². The average Bonchev–Trinajstić information content (AvgIpc) is 2.43. The zero-order chi connectivity index (χ0) is 13.2. The number of methoxy groups -OCH3 is 1. The first-order chi connectivity index (χ1) is 8.81. The number of hydrogen-bond donors (Lipinski definition) is 1. The minimum atomic E-state index is 0.805. The molecule has 0 amide bonds. The van der Waals surface area contributed by atoms with Crippen molar-refractivity contribution in [1.82, 2.24) is 5.32 Å². The van der Waals surface area contributed by atoms with Crippen molar-refractivity contribution in [1.29, 1.82) is 0 Å². The molecule has 0 aliphatic carbocycles. The van der Waals surface area contributed by atoms with E-state index in [2.05, 4.69) is 31.3 Å². The predicted molar refractivity (Wildman–Crippen MR) is 78.0 cm³/mol. The monoisotopic (exact) mass is 249 g/mol. The number of unbranched alkanes of at least 4 members (excludes halogenated alkanes) is 1. The van der Waals surface area contributed by atoms with E-state index >= 15 is 0 Å². The van der Waals surface area contributed by atoms with Gasteiger partial charge in [-0.25, -0.2) is 0 Å². The minimum Gasteiger partial charge on any atom is -0.496 e. The van der Waals surface area contributed by atoms with E-state index in [9.17, 15) is 0 Å². The van der Waals surface area contributed by atoms with Crippen LogP contribution >= 0.6 is 0 Å². The Bertz CT molecular complexity index is 325. The summed E-state index contributed by atoms with van der Waals surface area (Å²) in [4.78, 5) is 0. The zero-order valence-electron chi connectivity index (χ0n) is 12.0. The fourth-order valence-corrected chi connectivity index (χ4v) is 2.20. The average molecular weight is 249 g/mol. The van der Waals surface area contributed by atoms with Gasteiger partial charge in [-0.2, -0.15) is 0 Å². The van der Waals surface area contributed by atoms with Gasteiger partial charge in [0.2, 0.25) is 0 Å². The van der Waals surface area contributed by atoms with Crippen LogP contribution in [0, 0.1) is 5.92 Å². The molecule has 102 valence electrons. The molecule has 0 fully saturated rings. The first-order valence-corrected chi connectivity index (χ1v) is 7.14. The van der Waals surface area contributed by atoms with Crippen molar-refractivity contribution in [2.75, 3.05) is 13.7 Å². The highest BCUT2D eigenvalue weighted by Crippen LogP contribution is 2.17. The maximum Gasteiger partial charge on any atom is 0.123 e. The number of hydrogen-bond acceptors (Lipinski definition) is 2. The first-order valence-electron chi connectivity index (χ1n) is 7.14. The van der Waals surface area contributed by atoms with Gasteiger partial charge in [0, 0.05) is 12.1 Å². The second-order valence-corrected chi connectivity index (χ2v) is 4.86. The summed E-state index contributed by atoms with van der Waals surface area (Å²) in [6.45, 7) is 6.54. The van der Waals surface area contributed by atoms with Crippen molar-refractivity contribution >= 4 is 0 Å². The maximum absolute atomic E-state index is 5.35. The van der Waals surface area contributed by atoms with E-state index in [1.165, 1.54) is 31.2 Å². The van der Waals surface area contributed by atoms with Crippen molar-refractivity contribution in [3.63, 3.8) is 0 Å². The molecule has 1 aromatic rings. The molecule has 1 N–H and O–H groups in total. The van der Waals surface area contributed by atoms with Crippen molar-refractivity contribution in [3.05, 3.63) is 29.8 Å². The van der Waals surface area contributed by atoms with Gasteiger partial charge in [-0.15, -0.1) is 0 Å². The Hall–Kier alpha value is -1.02. The summed E-state index contributed by atoms with van der Waals surface area (Å²) >= 11 is 0. The topological polar surface area (TPSA) is 21.3 Å². The Labute approximate surface area is 112 Å². The molecule has 0 saturated heterocycles. The molecule has 1 unspecified atom stereocenters. The van der Waals surface area contributed by atoms with Crippen LogP contribution in [0.15, 0.2) is 24.3 Å². The molecule has 1 atom stereocenters. The van der Waals surface area contributed by atoms with Crippen LogP contribution in [-0.4, -0.2) is 13.7 Å². The number of benzene rings is 1. The van der Waals surface area contributed by atoms with Gasteiger partial charge in [0.1, 0.15) is 5.75 Å². The number of rotatable bonds is 9. The number of para-hydroxylation sites is 1. The highest BCUT2D eigenvalue weighted by Gasteiger charge is 2.06. The standard InChI is InChI=1S/C16H27NO/c1-4-6-9-14(5-2)12-17-13-15-10-7-8-11-16(15)18-3/h7-8,10-11,14,17H,4-6,9,12-13H2,1-3H3. The van der Waals surface area contributed by atoms with Gasteiger partial charge >= 0.3 is 0 Å². The first kappa shape index (κ1) is 15.0. The van der Waals surface area contributed by atoms with Crippen LogP contribution in [0.2, 0.25) is 0 Å². The third-order valence-electron chi connectivity index (χ3n) is 3.48. The third kappa shape index (κ3) is 5.09. The summed E-state index contributed by atoms with van der Waals surface area (Å²) in [5.74, 6) is 1.78. The summed E-state index contributed by atoms with van der Waals surface area (Å²) < 4.78 is 5.35. The van der Waals surface area contributed by atoms with Gasteiger partial charge in [0.15, 0.2) is 0 Å². The van der Waals surface area contributed by atoms with E-state index in [1.54, 1.807) is 7.11 Å². The predicted octanol–water partition coefficient (Wildman–Crippen LogP) is 4.00. The molecule has 0 aromatic heterocycles. The third-order valence-corrected chi connectivity index (χ3v) is 3.48. The van der Waals surface area contributed by atoms with E-state index in [0.717, 1.165) is 24.8 Å². The molecular weight excluding hydrogens is 222 g/mol. The largest absolute Gasteiger partial charge is 0.496 e. The molecule has 1 rings (SSSR count). The Kier molecular flexibility index (Phi) is 7.51. The van der Waals surface area contributed by atoms with E-state index < -0.39 is 0 Å². The van der Waals surface area contributed by atoms with Crippen LogP contribution in [0.4, 0.5) is 0 Å². The molecular formula is C16H27NO. The van der Waals surface area contributed by atoms with Crippen molar-refractivity contribution < 1.29 is 4.74 Å². The number of ether oxygens (including phenoxy) is 1. The lowest BCUT2D eigenvalue weighted by molar-refractivity contribution is 0.398. The molecule has 2 nitrogen and oxygen atoms in total. The lowest BCUT2D eigenvalue weighted by Gasteiger charge is -2.16. The van der Waals surface area contributed by atoms with Gasteiger partial charge < -0.3 is 10.1 Å². The molecule has 0 aliphatic rings. The Morgan fingerprint density at radius 2 is 2.00 bits per heavy atom. The molecule has 0 bridgehead atoms. The van der Waals surface area contributed by atoms with Gasteiger partial charge in [0.05, 0.1) is 7.11 Å². The minimum absolute atomic E-state index is 0.805. The molecule has 0 saturated carbocycles. The quantitative estimate of drug-likeness (QED) is 0.714. The van der Waals surface area contributed by atoms with E-state index in [1.807, 2.05) is 12.1 Å². The van der Waals surface area contributed by atoms with Crippen LogP contribution in [0.1, 0.15) is 45.1 Å². The molecule has 2 heteroatoms. The second kappa shape index (κ2) is 8.98. The summed E-state index contributed by atoms with van der Waals surface area (Å²) in [5.41, 5.74) is 1.24. The van der Waals surface area contributed by atoms with Gasteiger partial charge in [-0.1, -0.05) is 51.3 Å². The molecule has 0 aliphatic heterocycles. The summed E-state index contributed by atoms with van der Waals surface area (Å²) in [7, 11) is 1.73. The highest BCUT2D eigenvalue weighted by atomic mass is 16.5. The lowest BCUT2D eigenvalue weighted by Crippen LogP contribution is -2.22. The molecule has 0 radical (unpaired) electrons. The van der Waals surface area contributed by atoms with Crippen molar-refractivity contribution in [2.45, 2.75) is 46.1 Å². The Balaban J connectivity index is 2.35. The van der Waals surface area contributed by atoms with Crippen molar-refractivity contribution in [2.24, 2.45) is 5.92 Å². The summed E-state index contributed by atoms with van der Waals surface area (Å²) in [6, 6.07) is 8.22. The highest BCUT2D eigenvalue weighted by molar-refractivity contribution is 5.32. The van der Waals surface area contributed by atoms with Gasteiger partial charge in [0.25, 0.3) is 0 Å². The van der Waals surface area contributed by atoms with Crippen LogP contribution < -0.4 is 10.1 Å². The Morgan fingerprint density at radius 3 is 2.67 bits per heavy atom. The fraction of sp³-hybridized carbons (Fsp3) is 0.625. The fourth-order valence-electron chi connectivity index (χ4n) is 2.20. The van der Waals surface area contributed by atoms with Crippen molar-refractivity contribution in [3.8, 4) is 5.75 Å². The summed E-state index contributed by atoms with van der Waals surface area (Å²) in [5, 5.41) is 3.56. The Morgan fingerprint density at radius 1 is 1.22 bits per heavy atom. The van der Waals surface area contributed by atoms with Crippen LogP contribution in [0.5, 0.6) is 5.75 Å². The normalized spacial score (nSPS) is 12.4. The number of nitrogens with one attached hydrogen (secondary N) is 1. The summed E-state index contributed by atoms with van der Waals surface area (Å²) in [6.07, 6.45) is 5.24. The molecule has 0 heterocycles. The van der Waals surface area contributed by atoms with E-state index in [0.29, 0.717) is 0 Å². The van der Waals surface area contributed by atoms with Gasteiger partial charge in [-0.05, 0) is 24.9 Å². The SMILES string of the molecule is CCCCC(CC)CNCc1ccccc1OC. The van der Waals surface area contributed by atoms with Crippen LogP contribution in [-0.2, 0) is 6.54 Å². The van der Waals surface area contributed by atoms with Crippen LogP contribution in [0.25, 0.3) is 0 Å². The maximum atomic E-state index is 5.35. The molecule has 1 aromatic carbocycles. The second-order valence-electron chi connectivity index (χ2n) is 4.86. The smallest absolute Gasteiger partial charge is 0.123 e. The molecule has 18 heavy (non-hydrogen) atoms. The lowest BCUT2D eigenvalue weighted by atomic mass is 9.99.